The van der Waals surface area contributed by atoms with Crippen molar-refractivity contribution in [2.24, 2.45) is 5.92 Å². The average molecular weight is 329 g/mol. The smallest absolute Gasteiger partial charge is 0.381 e. The maximum Gasteiger partial charge on any atom is 0.416 e. The molecule has 7 heteroatoms. The van der Waals surface area contributed by atoms with Crippen LogP contribution in [0.4, 0.5) is 13.2 Å². The lowest BCUT2D eigenvalue weighted by molar-refractivity contribution is -0.143. The fourth-order valence-electron chi connectivity index (χ4n) is 2.93. The van der Waals surface area contributed by atoms with Gasteiger partial charge in [0.25, 0.3) is 0 Å². The normalized spacial score (nSPS) is 25.6. The van der Waals surface area contributed by atoms with Crippen LogP contribution in [0.5, 0.6) is 0 Å². The van der Waals surface area contributed by atoms with Crippen LogP contribution in [0.1, 0.15) is 23.7 Å². The third-order valence-electron chi connectivity index (χ3n) is 4.27. The zero-order chi connectivity index (χ0) is 16.4. The number of morpholine rings is 1. The number of halogens is 3. The lowest BCUT2D eigenvalue weighted by atomic mass is 10.0. The highest BCUT2D eigenvalue weighted by molar-refractivity contribution is 5.79. The van der Waals surface area contributed by atoms with E-state index in [0.29, 0.717) is 38.5 Å². The van der Waals surface area contributed by atoms with E-state index < -0.39 is 17.8 Å². The number of hydrogen-bond acceptors (Lipinski definition) is 3. The fourth-order valence-corrected chi connectivity index (χ4v) is 2.93. The molecule has 0 N–H and O–H groups in total. The predicted molar refractivity (Wildman–Crippen MR) is 75.6 cm³/mol. The van der Waals surface area contributed by atoms with Crippen LogP contribution in [0.3, 0.4) is 0 Å². The summed E-state index contributed by atoms with van der Waals surface area (Å²) in [7, 11) is 0. The second-order valence-electron chi connectivity index (χ2n) is 5.82. The Morgan fingerprint density at radius 2 is 1.91 bits per heavy atom. The van der Waals surface area contributed by atoms with Crippen LogP contribution in [0.2, 0.25) is 0 Å². The maximum atomic E-state index is 12.6. The van der Waals surface area contributed by atoms with E-state index >= 15 is 0 Å². The summed E-state index contributed by atoms with van der Waals surface area (Å²) in [5, 5.41) is 0. The third kappa shape index (κ3) is 3.67. The van der Waals surface area contributed by atoms with Crippen molar-refractivity contribution in [3.8, 4) is 0 Å². The summed E-state index contributed by atoms with van der Waals surface area (Å²) in [4.78, 5) is 14.1. The Morgan fingerprint density at radius 1 is 1.17 bits per heavy atom. The molecule has 1 aromatic rings. The molecule has 23 heavy (non-hydrogen) atoms. The first-order chi connectivity index (χ1) is 10.9. The first-order valence-corrected chi connectivity index (χ1v) is 7.60. The topological polar surface area (TPSA) is 38.8 Å². The Bertz CT molecular complexity index is 553. The van der Waals surface area contributed by atoms with Gasteiger partial charge in [-0.25, -0.2) is 0 Å². The van der Waals surface area contributed by atoms with Crippen molar-refractivity contribution in [3.05, 3.63) is 35.4 Å². The standard InChI is InChI=1S/C16H18F3NO3/c17-16(18,19)13-3-1-11(2-4-13)14-9-20(6-8-23-14)15(21)12-5-7-22-10-12/h1-4,12,14H,5-10H2. The molecule has 2 aliphatic rings. The van der Waals surface area contributed by atoms with Crippen molar-refractivity contribution < 1.29 is 27.4 Å². The molecular weight excluding hydrogens is 311 g/mol. The highest BCUT2D eigenvalue weighted by Gasteiger charge is 2.33. The van der Waals surface area contributed by atoms with E-state index in [2.05, 4.69) is 0 Å². The molecule has 2 unspecified atom stereocenters. The van der Waals surface area contributed by atoms with Crippen LogP contribution in [-0.4, -0.2) is 43.7 Å². The quantitative estimate of drug-likeness (QED) is 0.837. The number of ether oxygens (including phenoxy) is 2. The number of alkyl halides is 3. The summed E-state index contributed by atoms with van der Waals surface area (Å²) < 4.78 is 48.7. The van der Waals surface area contributed by atoms with Gasteiger partial charge < -0.3 is 14.4 Å². The van der Waals surface area contributed by atoms with Gasteiger partial charge in [-0.1, -0.05) is 12.1 Å². The van der Waals surface area contributed by atoms with Crippen molar-refractivity contribution in [3.63, 3.8) is 0 Å². The van der Waals surface area contributed by atoms with E-state index in [0.717, 1.165) is 18.6 Å². The third-order valence-corrected chi connectivity index (χ3v) is 4.27. The highest BCUT2D eigenvalue weighted by atomic mass is 19.4. The summed E-state index contributed by atoms with van der Waals surface area (Å²) in [5.41, 5.74) is -0.0359. The molecule has 126 valence electrons. The largest absolute Gasteiger partial charge is 0.416 e. The van der Waals surface area contributed by atoms with E-state index in [-0.39, 0.29) is 11.8 Å². The lowest BCUT2D eigenvalue weighted by Gasteiger charge is -2.34. The van der Waals surface area contributed by atoms with Crippen molar-refractivity contribution in [1.82, 2.24) is 4.90 Å². The van der Waals surface area contributed by atoms with Crippen LogP contribution < -0.4 is 0 Å². The second-order valence-corrected chi connectivity index (χ2v) is 5.82. The average Bonchev–Trinajstić information content (AvgIpc) is 3.08. The summed E-state index contributed by atoms with van der Waals surface area (Å²) in [5.74, 6) is -0.0657. The van der Waals surface area contributed by atoms with Crippen molar-refractivity contribution in [2.75, 3.05) is 32.9 Å². The van der Waals surface area contributed by atoms with Crippen molar-refractivity contribution in [1.29, 1.82) is 0 Å². The predicted octanol–water partition coefficient (Wildman–Crippen LogP) is 2.64. The van der Waals surface area contributed by atoms with Crippen LogP contribution in [-0.2, 0) is 20.4 Å². The molecule has 2 saturated heterocycles. The van der Waals surface area contributed by atoms with E-state index in [4.69, 9.17) is 9.47 Å². The molecule has 1 aromatic carbocycles. The molecule has 1 amide bonds. The summed E-state index contributed by atoms with van der Waals surface area (Å²) >= 11 is 0. The number of nitrogens with zero attached hydrogens (tertiary/aromatic N) is 1. The SMILES string of the molecule is O=C(C1CCOC1)N1CCOC(c2ccc(C(F)(F)F)cc2)C1. The van der Waals surface area contributed by atoms with Crippen LogP contribution in [0, 0.1) is 5.92 Å². The number of rotatable bonds is 2. The van der Waals surface area contributed by atoms with E-state index in [9.17, 15) is 18.0 Å². The van der Waals surface area contributed by atoms with Gasteiger partial charge >= 0.3 is 6.18 Å². The number of benzene rings is 1. The zero-order valence-electron chi connectivity index (χ0n) is 12.5. The van der Waals surface area contributed by atoms with Crippen LogP contribution >= 0.6 is 0 Å². The number of hydrogen-bond donors (Lipinski definition) is 0. The van der Waals surface area contributed by atoms with Gasteiger partial charge in [0.15, 0.2) is 0 Å². The van der Waals surface area contributed by atoms with E-state index in [1.165, 1.54) is 12.1 Å². The van der Waals surface area contributed by atoms with Crippen molar-refractivity contribution in [2.45, 2.75) is 18.7 Å². The Balaban J connectivity index is 1.67. The molecule has 3 rings (SSSR count). The Kier molecular flexibility index (Phi) is 4.59. The van der Waals surface area contributed by atoms with Gasteiger partial charge in [-0.05, 0) is 24.1 Å². The minimum atomic E-state index is -4.35. The van der Waals surface area contributed by atoms with Crippen LogP contribution in [0.25, 0.3) is 0 Å². The summed E-state index contributed by atoms with van der Waals surface area (Å²) in [6, 6.07) is 4.93. The molecular formula is C16H18F3NO3. The van der Waals surface area contributed by atoms with Crippen LogP contribution in [0.15, 0.2) is 24.3 Å². The molecule has 2 heterocycles. The molecule has 4 nitrogen and oxygen atoms in total. The van der Waals surface area contributed by atoms with Gasteiger partial charge in [-0.2, -0.15) is 13.2 Å². The summed E-state index contributed by atoms with van der Waals surface area (Å²) in [6.07, 6.45) is -4.02. The molecule has 0 aromatic heterocycles. The molecule has 2 fully saturated rings. The minimum absolute atomic E-state index is 0.0442. The minimum Gasteiger partial charge on any atom is -0.381 e. The van der Waals surface area contributed by atoms with E-state index in [1.54, 1.807) is 4.90 Å². The van der Waals surface area contributed by atoms with Crippen molar-refractivity contribution >= 4 is 5.91 Å². The number of carbonyl (C=O) groups excluding carboxylic acids is 1. The molecule has 0 saturated carbocycles. The van der Waals surface area contributed by atoms with Gasteiger partial charge in [-0.3, -0.25) is 4.79 Å². The van der Waals surface area contributed by atoms with Gasteiger partial charge in [0.1, 0.15) is 6.10 Å². The molecule has 2 aliphatic heterocycles. The first-order valence-electron chi connectivity index (χ1n) is 7.60. The Labute approximate surface area is 132 Å². The van der Waals surface area contributed by atoms with Gasteiger partial charge in [-0.15, -0.1) is 0 Å². The maximum absolute atomic E-state index is 12.6. The first kappa shape index (κ1) is 16.3. The Morgan fingerprint density at radius 3 is 2.52 bits per heavy atom. The molecule has 0 radical (unpaired) electrons. The second kappa shape index (κ2) is 6.49. The molecule has 2 atom stereocenters. The van der Waals surface area contributed by atoms with Gasteiger partial charge in [0.05, 0.1) is 31.2 Å². The monoisotopic (exact) mass is 329 g/mol. The number of amides is 1. The molecule has 0 aliphatic carbocycles. The van der Waals surface area contributed by atoms with E-state index in [1.807, 2.05) is 0 Å². The lowest BCUT2D eigenvalue weighted by Crippen LogP contribution is -2.45. The molecule has 0 bridgehead atoms. The Hall–Kier alpha value is -1.60. The zero-order valence-corrected chi connectivity index (χ0v) is 12.5. The highest BCUT2D eigenvalue weighted by Crippen LogP contribution is 2.31. The van der Waals surface area contributed by atoms with Gasteiger partial charge in [0.2, 0.25) is 5.91 Å². The summed E-state index contributed by atoms with van der Waals surface area (Å²) in [6.45, 7) is 2.29. The number of carbonyl (C=O) groups is 1. The fraction of sp³-hybridized carbons (Fsp3) is 0.562. The van der Waals surface area contributed by atoms with Gasteiger partial charge in [0, 0.05) is 13.2 Å². The molecule has 0 spiro atoms.